The molecule has 0 amide bonds. The molecule has 5 nitrogen and oxygen atoms in total. The summed E-state index contributed by atoms with van der Waals surface area (Å²) >= 11 is 0. The van der Waals surface area contributed by atoms with E-state index in [4.69, 9.17) is 4.74 Å². The van der Waals surface area contributed by atoms with Gasteiger partial charge in [0.2, 0.25) is 10.0 Å². The van der Waals surface area contributed by atoms with Crippen molar-refractivity contribution in [3.63, 3.8) is 0 Å². The maximum Gasteiger partial charge on any atom is 0.309 e. The minimum Gasteiger partial charge on any atom is -0.466 e. The van der Waals surface area contributed by atoms with Crippen LogP contribution in [0, 0.1) is 5.92 Å². The van der Waals surface area contributed by atoms with Crippen LogP contribution in [0.5, 0.6) is 0 Å². The number of halogens is 1. The number of rotatable bonds is 5. The van der Waals surface area contributed by atoms with Crippen LogP contribution >= 0.6 is 0 Å². The lowest BCUT2D eigenvalue weighted by atomic mass is 10.0. The maximum atomic E-state index is 13.8. The number of benzene rings is 1. The number of aromatic nitrogens is 1. The van der Waals surface area contributed by atoms with Crippen LogP contribution in [-0.2, 0) is 19.6 Å². The van der Waals surface area contributed by atoms with Crippen LogP contribution < -0.4 is 0 Å². The number of hydrogen-bond acceptors (Lipinski definition) is 4. The Bertz CT molecular complexity index is 1110. The molecule has 0 spiro atoms. The van der Waals surface area contributed by atoms with Gasteiger partial charge in [-0.1, -0.05) is 24.3 Å². The van der Waals surface area contributed by atoms with Gasteiger partial charge in [-0.05, 0) is 50.5 Å². The molecule has 2 aliphatic rings. The molecular weight excluding hydrogens is 381 g/mol. The zero-order chi connectivity index (χ0) is 20.1. The SMILES string of the molecule is CCOC(=O)[C@@H]1C[C@H]1c1cn(S(=O)(=O)C2(C)C=C(F)C=CC2)c2ccccc12. The van der Waals surface area contributed by atoms with Crippen molar-refractivity contribution >= 4 is 26.9 Å². The Morgan fingerprint density at radius 1 is 1.36 bits per heavy atom. The fraction of sp³-hybridized carbons (Fsp3) is 0.381. The Labute approximate surface area is 163 Å². The molecule has 1 aromatic carbocycles. The van der Waals surface area contributed by atoms with Crippen molar-refractivity contribution in [3.05, 3.63) is 60.1 Å². The highest BCUT2D eigenvalue weighted by molar-refractivity contribution is 7.91. The Morgan fingerprint density at radius 2 is 2.11 bits per heavy atom. The zero-order valence-corrected chi connectivity index (χ0v) is 16.6. The lowest BCUT2D eigenvalue weighted by Crippen LogP contribution is -2.38. The topological polar surface area (TPSA) is 65.4 Å². The third kappa shape index (κ3) is 2.89. The molecule has 2 aromatic rings. The van der Waals surface area contributed by atoms with Crippen LogP contribution in [0.25, 0.3) is 10.9 Å². The molecule has 0 radical (unpaired) electrons. The van der Waals surface area contributed by atoms with E-state index in [1.165, 1.54) is 23.0 Å². The molecule has 148 valence electrons. The number of allylic oxidation sites excluding steroid dienone is 3. The van der Waals surface area contributed by atoms with Gasteiger partial charge >= 0.3 is 5.97 Å². The molecule has 1 aromatic heterocycles. The van der Waals surface area contributed by atoms with Gasteiger partial charge in [0.25, 0.3) is 0 Å². The summed E-state index contributed by atoms with van der Waals surface area (Å²) in [6.45, 7) is 3.61. The van der Waals surface area contributed by atoms with E-state index in [2.05, 4.69) is 0 Å². The van der Waals surface area contributed by atoms with E-state index < -0.39 is 20.6 Å². The summed E-state index contributed by atoms with van der Waals surface area (Å²) < 4.78 is 45.8. The Hall–Kier alpha value is -2.41. The van der Waals surface area contributed by atoms with Crippen molar-refractivity contribution in [1.29, 1.82) is 0 Å². The highest BCUT2D eigenvalue weighted by Crippen LogP contribution is 2.51. The van der Waals surface area contributed by atoms with Crippen LogP contribution in [0.15, 0.2) is 54.5 Å². The van der Waals surface area contributed by atoms with Crippen molar-refractivity contribution in [1.82, 2.24) is 3.97 Å². The van der Waals surface area contributed by atoms with Gasteiger partial charge in [0.1, 0.15) is 10.6 Å². The highest BCUT2D eigenvalue weighted by Gasteiger charge is 2.47. The first-order valence-electron chi connectivity index (χ1n) is 9.35. The summed E-state index contributed by atoms with van der Waals surface area (Å²) in [5, 5.41) is 0.794. The molecule has 0 bridgehead atoms. The van der Waals surface area contributed by atoms with Crippen LogP contribution in [0.1, 0.15) is 38.2 Å². The van der Waals surface area contributed by atoms with Gasteiger partial charge in [-0.25, -0.2) is 16.8 Å². The van der Waals surface area contributed by atoms with E-state index in [0.29, 0.717) is 18.5 Å². The number of para-hydroxylation sites is 1. The normalized spacial score (nSPS) is 26.9. The molecule has 0 saturated heterocycles. The summed E-state index contributed by atoms with van der Waals surface area (Å²) in [7, 11) is -3.92. The van der Waals surface area contributed by atoms with Gasteiger partial charge in [0.15, 0.2) is 0 Å². The number of nitrogens with zero attached hydrogens (tertiary/aromatic N) is 1. The third-order valence-electron chi connectivity index (χ3n) is 5.58. The highest BCUT2D eigenvalue weighted by atomic mass is 32.2. The van der Waals surface area contributed by atoms with E-state index in [1.807, 2.05) is 12.1 Å². The number of ether oxygens (including phenoxy) is 1. The predicted octanol–water partition coefficient (Wildman–Crippen LogP) is 4.06. The molecule has 0 N–H and O–H groups in total. The molecule has 1 heterocycles. The van der Waals surface area contributed by atoms with Crippen molar-refractivity contribution in [2.24, 2.45) is 5.92 Å². The average molecular weight is 403 g/mol. The van der Waals surface area contributed by atoms with Crippen molar-refractivity contribution in [2.75, 3.05) is 6.61 Å². The van der Waals surface area contributed by atoms with Gasteiger partial charge in [0.05, 0.1) is 18.0 Å². The molecular formula is C21H22FNO4S. The van der Waals surface area contributed by atoms with Crippen LogP contribution in [0.4, 0.5) is 4.39 Å². The summed E-state index contributed by atoms with van der Waals surface area (Å²) in [5.74, 6) is -1.11. The Morgan fingerprint density at radius 3 is 2.82 bits per heavy atom. The minimum absolute atomic E-state index is 0.0632. The lowest BCUT2D eigenvalue weighted by molar-refractivity contribution is -0.144. The first-order chi connectivity index (χ1) is 13.3. The van der Waals surface area contributed by atoms with Crippen LogP contribution in [-0.4, -0.2) is 29.7 Å². The first-order valence-corrected chi connectivity index (χ1v) is 10.8. The standard InChI is InChI=1S/C21H22FNO4S/c1-3-27-20(24)17-11-16(17)18-13-23(19-9-5-4-8-15(18)19)28(25,26)21(2)10-6-7-14(22)12-21/h4-9,12-13,16-17H,3,10-11H2,1-2H3/t16-,17-,21?/m1/s1. The third-order valence-corrected chi connectivity index (χ3v) is 7.86. The summed E-state index contributed by atoms with van der Waals surface area (Å²) in [5.41, 5.74) is 1.35. The van der Waals surface area contributed by atoms with Crippen molar-refractivity contribution in [2.45, 2.75) is 37.4 Å². The average Bonchev–Trinajstić information content (AvgIpc) is 3.35. The number of carbonyl (C=O) groups is 1. The maximum absolute atomic E-state index is 13.8. The molecule has 1 unspecified atom stereocenters. The van der Waals surface area contributed by atoms with Crippen molar-refractivity contribution < 1.29 is 22.3 Å². The van der Waals surface area contributed by atoms with E-state index >= 15 is 0 Å². The Balaban J connectivity index is 1.80. The monoisotopic (exact) mass is 403 g/mol. The van der Waals surface area contributed by atoms with Gasteiger partial charge in [-0.15, -0.1) is 0 Å². The molecule has 28 heavy (non-hydrogen) atoms. The Kier molecular flexibility index (Phi) is 4.45. The van der Waals surface area contributed by atoms with E-state index in [9.17, 15) is 17.6 Å². The van der Waals surface area contributed by atoms with Crippen LogP contribution in [0.2, 0.25) is 0 Å². The first kappa shape index (κ1) is 18.9. The van der Waals surface area contributed by atoms with Crippen LogP contribution in [0.3, 0.4) is 0 Å². The molecule has 2 aliphatic carbocycles. The summed E-state index contributed by atoms with van der Waals surface area (Å²) in [6, 6.07) is 7.21. The molecule has 1 saturated carbocycles. The van der Waals surface area contributed by atoms with Gasteiger partial charge in [-0.2, -0.15) is 0 Å². The second kappa shape index (κ2) is 6.58. The smallest absolute Gasteiger partial charge is 0.309 e. The number of esters is 1. The molecule has 4 rings (SSSR count). The lowest BCUT2D eigenvalue weighted by Gasteiger charge is -2.27. The van der Waals surface area contributed by atoms with Gasteiger partial charge in [0, 0.05) is 17.5 Å². The quantitative estimate of drug-likeness (QED) is 0.707. The van der Waals surface area contributed by atoms with E-state index in [0.717, 1.165) is 17.0 Å². The van der Waals surface area contributed by atoms with E-state index in [-0.39, 0.29) is 24.2 Å². The molecule has 0 aliphatic heterocycles. The summed E-state index contributed by atoms with van der Waals surface area (Å²) in [6.07, 6.45) is 6.41. The molecule has 3 atom stereocenters. The van der Waals surface area contributed by atoms with Crippen molar-refractivity contribution in [3.8, 4) is 0 Å². The van der Waals surface area contributed by atoms with Gasteiger partial charge < -0.3 is 4.74 Å². The minimum atomic E-state index is -3.92. The predicted molar refractivity (Wildman–Crippen MR) is 105 cm³/mol. The fourth-order valence-corrected chi connectivity index (χ4v) is 5.62. The zero-order valence-electron chi connectivity index (χ0n) is 15.8. The number of fused-ring (bicyclic) bond motifs is 1. The molecule has 1 fully saturated rings. The fourth-order valence-electron chi connectivity index (χ4n) is 3.93. The number of hydrogen-bond donors (Lipinski definition) is 0. The molecule has 7 heteroatoms. The second-order valence-electron chi connectivity index (χ2n) is 7.55. The van der Waals surface area contributed by atoms with E-state index in [1.54, 1.807) is 25.3 Å². The summed E-state index contributed by atoms with van der Waals surface area (Å²) in [4.78, 5) is 12.1. The second-order valence-corrected chi connectivity index (χ2v) is 9.83. The number of carbonyl (C=O) groups excluding carboxylic acids is 1. The largest absolute Gasteiger partial charge is 0.466 e. The van der Waals surface area contributed by atoms with Gasteiger partial charge in [-0.3, -0.25) is 4.79 Å².